The van der Waals surface area contributed by atoms with Gasteiger partial charge in [-0.2, -0.15) is 0 Å². The average Bonchev–Trinajstić information content (AvgIpc) is 2.45. The van der Waals surface area contributed by atoms with Crippen LogP contribution in [0, 0.1) is 6.92 Å². The summed E-state index contributed by atoms with van der Waals surface area (Å²) in [7, 11) is 0. The SMILES string of the molecule is Cc1nnsc1/C=C/C=C/C(=O)O. The first-order chi connectivity index (χ1) is 6.20. The minimum atomic E-state index is -0.955. The molecule has 0 spiro atoms. The molecular weight excluding hydrogens is 188 g/mol. The minimum Gasteiger partial charge on any atom is -0.478 e. The molecule has 1 rings (SSSR count). The molecular formula is C8H8N2O2S. The Morgan fingerprint density at radius 2 is 2.31 bits per heavy atom. The van der Waals surface area contributed by atoms with Crippen LogP contribution in [0.1, 0.15) is 10.6 Å². The molecule has 4 nitrogen and oxygen atoms in total. The lowest BCUT2D eigenvalue weighted by atomic mass is 10.3. The van der Waals surface area contributed by atoms with Crippen molar-refractivity contribution in [3.05, 3.63) is 28.8 Å². The van der Waals surface area contributed by atoms with E-state index >= 15 is 0 Å². The van der Waals surface area contributed by atoms with E-state index in [2.05, 4.69) is 9.59 Å². The first-order valence-electron chi connectivity index (χ1n) is 3.57. The van der Waals surface area contributed by atoms with Crippen LogP contribution in [0.5, 0.6) is 0 Å². The number of aryl methyl sites for hydroxylation is 1. The molecule has 0 fully saturated rings. The van der Waals surface area contributed by atoms with Gasteiger partial charge in [-0.1, -0.05) is 16.6 Å². The van der Waals surface area contributed by atoms with Gasteiger partial charge in [-0.05, 0) is 24.5 Å². The van der Waals surface area contributed by atoms with Crippen LogP contribution in [0.25, 0.3) is 6.08 Å². The lowest BCUT2D eigenvalue weighted by molar-refractivity contribution is -0.131. The molecule has 1 heterocycles. The van der Waals surface area contributed by atoms with Crippen LogP contribution in [0.3, 0.4) is 0 Å². The molecule has 0 amide bonds. The van der Waals surface area contributed by atoms with Gasteiger partial charge in [0, 0.05) is 6.08 Å². The van der Waals surface area contributed by atoms with Gasteiger partial charge in [-0.15, -0.1) is 5.10 Å². The quantitative estimate of drug-likeness (QED) is 0.587. The molecule has 68 valence electrons. The number of carboxylic acid groups (broad SMARTS) is 1. The molecule has 0 aliphatic carbocycles. The predicted molar refractivity (Wildman–Crippen MR) is 50.5 cm³/mol. The zero-order chi connectivity index (χ0) is 9.68. The summed E-state index contributed by atoms with van der Waals surface area (Å²) in [5, 5.41) is 12.1. The number of aliphatic carboxylic acids is 1. The van der Waals surface area contributed by atoms with Gasteiger partial charge < -0.3 is 5.11 Å². The topological polar surface area (TPSA) is 63.1 Å². The fraction of sp³-hybridized carbons (Fsp3) is 0.125. The highest BCUT2D eigenvalue weighted by atomic mass is 32.1. The molecule has 0 radical (unpaired) electrons. The van der Waals surface area contributed by atoms with Gasteiger partial charge in [-0.3, -0.25) is 0 Å². The average molecular weight is 196 g/mol. The zero-order valence-electron chi connectivity index (χ0n) is 6.97. The maximum atomic E-state index is 10.1. The van der Waals surface area contributed by atoms with Crippen LogP contribution in [0.2, 0.25) is 0 Å². The van der Waals surface area contributed by atoms with Crippen LogP contribution in [-0.2, 0) is 4.79 Å². The first kappa shape index (κ1) is 9.60. The molecule has 0 aliphatic rings. The molecule has 5 heteroatoms. The van der Waals surface area contributed by atoms with Crippen molar-refractivity contribution in [2.45, 2.75) is 6.92 Å². The number of hydrogen-bond donors (Lipinski definition) is 1. The number of rotatable bonds is 3. The third-order valence-corrected chi connectivity index (χ3v) is 2.08. The van der Waals surface area contributed by atoms with E-state index < -0.39 is 5.97 Å². The van der Waals surface area contributed by atoms with Crippen LogP contribution in [0.4, 0.5) is 0 Å². The third kappa shape index (κ3) is 3.16. The Bertz CT molecular complexity index is 355. The number of aromatic nitrogens is 2. The molecule has 1 aromatic rings. The Morgan fingerprint density at radius 1 is 1.54 bits per heavy atom. The number of nitrogens with zero attached hydrogens (tertiary/aromatic N) is 2. The summed E-state index contributed by atoms with van der Waals surface area (Å²) in [4.78, 5) is 11.0. The zero-order valence-corrected chi connectivity index (χ0v) is 7.78. The summed E-state index contributed by atoms with van der Waals surface area (Å²) in [5.74, 6) is -0.955. The standard InChI is InChI=1S/C8H8N2O2S/c1-6-7(13-10-9-6)4-2-3-5-8(11)12/h2-5H,1H3,(H,11,12)/b4-2+,5-3+. The maximum Gasteiger partial charge on any atom is 0.328 e. The Balaban J connectivity index is 2.59. The number of hydrogen-bond acceptors (Lipinski definition) is 4. The highest BCUT2D eigenvalue weighted by molar-refractivity contribution is 7.06. The van der Waals surface area contributed by atoms with Crippen molar-refractivity contribution in [3.8, 4) is 0 Å². The van der Waals surface area contributed by atoms with E-state index in [1.54, 1.807) is 12.2 Å². The van der Waals surface area contributed by atoms with E-state index in [0.29, 0.717) is 0 Å². The largest absolute Gasteiger partial charge is 0.478 e. The molecule has 0 bridgehead atoms. The Morgan fingerprint density at radius 3 is 2.85 bits per heavy atom. The van der Waals surface area contributed by atoms with Gasteiger partial charge >= 0.3 is 5.97 Å². The second kappa shape index (κ2) is 4.51. The van der Waals surface area contributed by atoms with E-state index in [0.717, 1.165) is 16.6 Å². The van der Waals surface area contributed by atoms with Crippen molar-refractivity contribution in [2.24, 2.45) is 0 Å². The molecule has 0 atom stereocenters. The van der Waals surface area contributed by atoms with Crippen molar-refractivity contribution >= 4 is 23.6 Å². The highest BCUT2D eigenvalue weighted by Crippen LogP contribution is 2.10. The molecule has 13 heavy (non-hydrogen) atoms. The van der Waals surface area contributed by atoms with E-state index in [-0.39, 0.29) is 0 Å². The van der Waals surface area contributed by atoms with E-state index in [9.17, 15) is 4.79 Å². The minimum absolute atomic E-state index is 0.852. The van der Waals surface area contributed by atoms with Gasteiger partial charge in [0.15, 0.2) is 0 Å². The van der Waals surface area contributed by atoms with Gasteiger partial charge in [0.1, 0.15) is 0 Å². The maximum absolute atomic E-state index is 10.1. The third-order valence-electron chi connectivity index (χ3n) is 1.28. The van der Waals surface area contributed by atoms with Crippen molar-refractivity contribution in [1.29, 1.82) is 0 Å². The molecule has 1 aromatic heterocycles. The smallest absolute Gasteiger partial charge is 0.328 e. The first-order valence-corrected chi connectivity index (χ1v) is 4.34. The molecule has 0 saturated carbocycles. The summed E-state index contributed by atoms with van der Waals surface area (Å²) < 4.78 is 3.74. The highest BCUT2D eigenvalue weighted by Gasteiger charge is 1.95. The van der Waals surface area contributed by atoms with Gasteiger partial charge in [-0.25, -0.2) is 4.79 Å². The predicted octanol–water partition coefficient (Wildman–Crippen LogP) is 1.50. The van der Waals surface area contributed by atoms with Crippen LogP contribution in [-0.4, -0.2) is 20.7 Å². The fourth-order valence-electron chi connectivity index (χ4n) is 0.673. The van der Waals surface area contributed by atoms with E-state index in [1.807, 2.05) is 6.92 Å². The summed E-state index contributed by atoms with van der Waals surface area (Å²) >= 11 is 1.28. The normalized spacial score (nSPS) is 11.5. The number of carbonyl (C=O) groups is 1. The van der Waals surface area contributed by atoms with Gasteiger partial charge in [0.25, 0.3) is 0 Å². The Labute approximate surface area is 79.4 Å². The molecule has 0 unspecified atom stereocenters. The van der Waals surface area contributed by atoms with E-state index in [1.165, 1.54) is 17.6 Å². The Kier molecular flexibility index (Phi) is 3.33. The monoisotopic (exact) mass is 196 g/mol. The summed E-state index contributed by atoms with van der Waals surface area (Å²) in [5.41, 5.74) is 0.852. The molecule has 0 aromatic carbocycles. The van der Waals surface area contributed by atoms with Crippen LogP contribution < -0.4 is 0 Å². The molecule has 1 N–H and O–H groups in total. The lowest BCUT2D eigenvalue weighted by Gasteiger charge is -1.81. The fourth-order valence-corrected chi connectivity index (χ4v) is 1.24. The van der Waals surface area contributed by atoms with E-state index in [4.69, 9.17) is 5.11 Å². The van der Waals surface area contributed by atoms with Crippen molar-refractivity contribution in [1.82, 2.24) is 9.59 Å². The summed E-state index contributed by atoms with van der Waals surface area (Å²) in [6, 6.07) is 0. The number of carboxylic acids is 1. The molecule has 0 saturated heterocycles. The van der Waals surface area contributed by atoms with Crippen molar-refractivity contribution < 1.29 is 9.90 Å². The second-order valence-electron chi connectivity index (χ2n) is 2.28. The van der Waals surface area contributed by atoms with Crippen molar-refractivity contribution in [2.75, 3.05) is 0 Å². The number of allylic oxidation sites excluding steroid dienone is 2. The van der Waals surface area contributed by atoms with Crippen LogP contribution >= 0.6 is 11.5 Å². The second-order valence-corrected chi connectivity index (χ2v) is 3.06. The van der Waals surface area contributed by atoms with Crippen LogP contribution in [0.15, 0.2) is 18.2 Å². The Hall–Kier alpha value is -1.49. The van der Waals surface area contributed by atoms with Gasteiger partial charge in [0.05, 0.1) is 10.6 Å². The summed E-state index contributed by atoms with van der Waals surface area (Å²) in [6.45, 7) is 1.85. The lowest BCUT2D eigenvalue weighted by Crippen LogP contribution is -1.84. The summed E-state index contributed by atoms with van der Waals surface area (Å²) in [6.07, 6.45) is 5.96. The van der Waals surface area contributed by atoms with Crippen molar-refractivity contribution in [3.63, 3.8) is 0 Å². The van der Waals surface area contributed by atoms with Gasteiger partial charge in [0.2, 0.25) is 0 Å². The molecule has 0 aliphatic heterocycles.